The molecule has 0 aliphatic heterocycles. The van der Waals surface area contributed by atoms with E-state index >= 15 is 0 Å². The fraction of sp³-hybridized carbons (Fsp3) is 0.167. The van der Waals surface area contributed by atoms with Gasteiger partial charge in [0.1, 0.15) is 0 Å². The summed E-state index contributed by atoms with van der Waals surface area (Å²) in [5, 5.41) is 5.68. The molecule has 0 bridgehead atoms. The van der Waals surface area contributed by atoms with Gasteiger partial charge in [0.2, 0.25) is 0 Å². The highest BCUT2D eigenvalue weighted by atomic mass is 15.2. The fourth-order valence-corrected chi connectivity index (χ4v) is 0.508. The third-order valence-corrected chi connectivity index (χ3v) is 1.15. The average Bonchev–Trinajstić information content (AvgIpc) is 1.98. The van der Waals surface area contributed by atoms with Crippen LogP contribution in [0.4, 0.5) is 0 Å². The van der Waals surface area contributed by atoms with Gasteiger partial charge in [-0.2, -0.15) is 5.10 Å². The van der Waals surface area contributed by atoms with E-state index in [-0.39, 0.29) is 0 Å². The monoisotopic (exact) mass is 108 g/mol. The van der Waals surface area contributed by atoms with Gasteiger partial charge in [-0.05, 0) is 0 Å². The Hall–Kier alpha value is -1.05. The maximum atomic E-state index is 3.91. The van der Waals surface area contributed by atoms with Crippen molar-refractivity contribution in [3.8, 4) is 0 Å². The maximum absolute atomic E-state index is 3.91. The van der Waals surface area contributed by atoms with Crippen molar-refractivity contribution in [1.29, 1.82) is 0 Å². The van der Waals surface area contributed by atoms with E-state index in [2.05, 4.69) is 18.3 Å². The molecule has 2 nitrogen and oxygen atoms in total. The van der Waals surface area contributed by atoms with Crippen molar-refractivity contribution in [1.82, 2.24) is 9.78 Å². The van der Waals surface area contributed by atoms with Gasteiger partial charge >= 0.3 is 0 Å². The van der Waals surface area contributed by atoms with Crippen LogP contribution < -0.4 is 10.6 Å². The van der Waals surface area contributed by atoms with Crippen LogP contribution in [0.15, 0.2) is 6.20 Å². The molecule has 0 aromatic carbocycles. The molecule has 0 aliphatic rings. The second kappa shape index (κ2) is 1.47. The van der Waals surface area contributed by atoms with E-state index in [0.29, 0.717) is 0 Å². The zero-order chi connectivity index (χ0) is 6.15. The first kappa shape index (κ1) is 5.09. The molecule has 0 spiro atoms. The molecule has 0 atom stereocenters. The maximum Gasteiger partial charge on any atom is 0.0601 e. The number of hydrogen-bond donors (Lipinski definition) is 0. The summed E-state index contributed by atoms with van der Waals surface area (Å²) >= 11 is 0. The van der Waals surface area contributed by atoms with Crippen LogP contribution in [0.2, 0.25) is 0 Å². The second-order valence-electron chi connectivity index (χ2n) is 1.74. The second-order valence-corrected chi connectivity index (χ2v) is 1.74. The van der Waals surface area contributed by atoms with Crippen LogP contribution in [0, 0.1) is 0 Å². The van der Waals surface area contributed by atoms with E-state index in [9.17, 15) is 0 Å². The lowest BCUT2D eigenvalue weighted by atomic mass is 10.5. The van der Waals surface area contributed by atoms with Gasteiger partial charge in [-0.25, -0.2) is 0 Å². The summed E-state index contributed by atoms with van der Waals surface area (Å²) in [5.41, 5.74) is 0. The molecule has 8 heavy (non-hydrogen) atoms. The number of rotatable bonds is 0. The molecule has 1 aromatic rings. The molecule has 1 rings (SSSR count). The van der Waals surface area contributed by atoms with Crippen molar-refractivity contribution >= 4 is 13.2 Å². The van der Waals surface area contributed by atoms with Crippen molar-refractivity contribution in [3.05, 3.63) is 16.8 Å². The first-order valence-corrected chi connectivity index (χ1v) is 2.37. The van der Waals surface area contributed by atoms with Crippen LogP contribution in [0.5, 0.6) is 0 Å². The number of nitrogens with zero attached hydrogens (tertiary/aromatic N) is 2. The van der Waals surface area contributed by atoms with Gasteiger partial charge in [0.15, 0.2) is 0 Å². The molecule has 1 heterocycles. The Morgan fingerprint density at radius 3 is 2.38 bits per heavy atom. The fourth-order valence-electron chi connectivity index (χ4n) is 0.508. The van der Waals surface area contributed by atoms with Crippen molar-refractivity contribution < 1.29 is 0 Å². The molecule has 42 valence electrons. The smallest absolute Gasteiger partial charge is 0.0601 e. The molecular formula is C6H8N2. The Labute approximate surface area is 47.8 Å². The predicted octanol–water partition coefficient (Wildman–Crippen LogP) is -0.759. The van der Waals surface area contributed by atoms with E-state index < -0.39 is 0 Å². The first-order valence-electron chi connectivity index (χ1n) is 2.37. The first-order chi connectivity index (χ1) is 3.72. The molecule has 0 saturated heterocycles. The van der Waals surface area contributed by atoms with Gasteiger partial charge in [0, 0.05) is 12.3 Å². The third-order valence-electron chi connectivity index (χ3n) is 1.15. The van der Waals surface area contributed by atoms with Gasteiger partial charge in [-0.15, -0.1) is 0 Å². The molecule has 2 heteroatoms. The quantitative estimate of drug-likeness (QED) is 0.427. The zero-order valence-electron chi connectivity index (χ0n) is 4.89. The van der Waals surface area contributed by atoms with Gasteiger partial charge < -0.3 is 0 Å². The third kappa shape index (κ3) is 0.541. The molecular weight excluding hydrogens is 100 g/mol. The summed E-state index contributed by atoms with van der Waals surface area (Å²) in [6.07, 6.45) is 1.70. The van der Waals surface area contributed by atoms with Crippen molar-refractivity contribution in [3.63, 3.8) is 0 Å². The summed E-state index contributed by atoms with van der Waals surface area (Å²) in [7, 11) is 1.84. The van der Waals surface area contributed by atoms with Crippen LogP contribution in [0.3, 0.4) is 0 Å². The van der Waals surface area contributed by atoms with Crippen LogP contribution in [-0.4, -0.2) is 9.78 Å². The van der Waals surface area contributed by atoms with Crippen LogP contribution in [-0.2, 0) is 7.05 Å². The van der Waals surface area contributed by atoms with Crippen LogP contribution in [0.1, 0.15) is 0 Å². The predicted molar refractivity (Wildman–Crippen MR) is 33.5 cm³/mol. The minimum Gasteiger partial charge on any atom is -0.269 e. The number of aryl methyl sites for hydroxylation is 1. The lowest BCUT2D eigenvalue weighted by Crippen LogP contribution is -2.24. The summed E-state index contributed by atoms with van der Waals surface area (Å²) < 4.78 is 1.70. The van der Waals surface area contributed by atoms with Gasteiger partial charge in [-0.1, -0.05) is 13.2 Å². The van der Waals surface area contributed by atoms with Gasteiger partial charge in [0.25, 0.3) is 0 Å². The summed E-state index contributed by atoms with van der Waals surface area (Å²) in [6, 6.07) is 0. The van der Waals surface area contributed by atoms with Crippen LogP contribution >= 0.6 is 0 Å². The van der Waals surface area contributed by atoms with E-state index in [1.165, 1.54) is 0 Å². The van der Waals surface area contributed by atoms with E-state index in [1.54, 1.807) is 10.9 Å². The minimum absolute atomic E-state index is 0.880. The molecule has 0 amide bonds. The highest BCUT2D eigenvalue weighted by molar-refractivity contribution is 5.06. The largest absolute Gasteiger partial charge is 0.269 e. The summed E-state index contributed by atoms with van der Waals surface area (Å²) in [6.45, 7) is 7.41. The molecule has 0 radical (unpaired) electrons. The minimum atomic E-state index is 0.880. The normalized spacial score (nSPS) is 9.62. The van der Waals surface area contributed by atoms with Crippen molar-refractivity contribution in [2.24, 2.45) is 7.05 Å². The topological polar surface area (TPSA) is 17.8 Å². The van der Waals surface area contributed by atoms with Crippen molar-refractivity contribution in [2.75, 3.05) is 0 Å². The highest BCUT2D eigenvalue weighted by Crippen LogP contribution is 1.53. The van der Waals surface area contributed by atoms with E-state index in [0.717, 1.165) is 10.6 Å². The van der Waals surface area contributed by atoms with Gasteiger partial charge in [-0.3, -0.25) is 4.68 Å². The zero-order valence-corrected chi connectivity index (χ0v) is 4.89. The average molecular weight is 108 g/mol. The molecule has 1 aromatic heterocycles. The van der Waals surface area contributed by atoms with E-state index in [1.807, 2.05) is 7.05 Å². The van der Waals surface area contributed by atoms with Gasteiger partial charge in [0.05, 0.1) is 11.5 Å². The lowest BCUT2D eigenvalue weighted by molar-refractivity contribution is 0.744. The highest BCUT2D eigenvalue weighted by Gasteiger charge is 1.82. The SMILES string of the molecule is C=c1cnn(C)c1=C. The summed E-state index contributed by atoms with van der Waals surface area (Å²) in [4.78, 5) is 0. The van der Waals surface area contributed by atoms with Crippen molar-refractivity contribution in [2.45, 2.75) is 0 Å². The number of aromatic nitrogens is 2. The number of hydrogen-bond acceptors (Lipinski definition) is 1. The molecule has 0 N–H and O–H groups in total. The lowest BCUT2D eigenvalue weighted by Gasteiger charge is -1.81. The van der Waals surface area contributed by atoms with Crippen LogP contribution in [0.25, 0.3) is 13.2 Å². The Morgan fingerprint density at radius 1 is 1.62 bits per heavy atom. The Bertz CT molecular complexity index is 271. The molecule has 0 aliphatic carbocycles. The van der Waals surface area contributed by atoms with E-state index in [4.69, 9.17) is 0 Å². The Kier molecular flexibility index (Phi) is 0.938. The Morgan fingerprint density at radius 2 is 2.25 bits per heavy atom. The molecule has 0 fully saturated rings. The standard InChI is InChI=1S/C6H8N2/c1-5-4-7-8(3)6(5)2/h4H,1-2H2,3H3. The molecule has 0 unspecified atom stereocenters. The Balaban J connectivity index is 3.66. The molecule has 0 saturated carbocycles. The summed E-state index contributed by atoms with van der Waals surface area (Å²) in [5.74, 6) is 0.